The summed E-state index contributed by atoms with van der Waals surface area (Å²) in [6.07, 6.45) is 0. The van der Waals surface area contributed by atoms with E-state index in [1.165, 1.54) is 7.11 Å². The van der Waals surface area contributed by atoms with E-state index in [4.69, 9.17) is 14.2 Å². The Balaban J connectivity index is 1.84. The van der Waals surface area contributed by atoms with Crippen LogP contribution >= 0.6 is 0 Å². The van der Waals surface area contributed by atoms with Gasteiger partial charge in [-0.1, -0.05) is 6.07 Å². The topological polar surface area (TPSA) is 80.9 Å². The van der Waals surface area contributed by atoms with Gasteiger partial charge >= 0.3 is 5.97 Å². The van der Waals surface area contributed by atoms with Crippen LogP contribution in [-0.2, 0) is 11.3 Å². The summed E-state index contributed by atoms with van der Waals surface area (Å²) >= 11 is 0. The number of ether oxygens (including phenoxy) is 3. The highest BCUT2D eigenvalue weighted by molar-refractivity contribution is 6.00. The molecular formula is C20H24N2O5. The second-order valence-electron chi connectivity index (χ2n) is 6.41. The smallest absolute Gasteiger partial charge is 0.339 e. The molecule has 144 valence electrons. The molecule has 2 heterocycles. The minimum absolute atomic E-state index is 0.164. The number of carbonyl (C=O) groups is 2. The summed E-state index contributed by atoms with van der Waals surface area (Å²) in [5.41, 5.74) is 3.00. The van der Waals surface area contributed by atoms with Crippen LogP contribution < -0.4 is 9.47 Å². The summed E-state index contributed by atoms with van der Waals surface area (Å²) in [4.78, 5) is 29.8. The zero-order valence-corrected chi connectivity index (χ0v) is 16.0. The molecule has 7 nitrogen and oxygen atoms in total. The van der Waals surface area contributed by atoms with Crippen LogP contribution in [0.5, 0.6) is 11.5 Å². The highest BCUT2D eigenvalue weighted by Crippen LogP contribution is 2.31. The predicted octanol–water partition coefficient (Wildman–Crippen LogP) is 2.85. The van der Waals surface area contributed by atoms with E-state index < -0.39 is 5.97 Å². The van der Waals surface area contributed by atoms with Crippen molar-refractivity contribution in [2.75, 3.05) is 26.9 Å². The molecule has 0 saturated heterocycles. The van der Waals surface area contributed by atoms with Crippen LogP contribution in [0.1, 0.15) is 44.6 Å². The first-order chi connectivity index (χ1) is 13.0. The summed E-state index contributed by atoms with van der Waals surface area (Å²) in [6, 6.07) is 5.69. The lowest BCUT2D eigenvalue weighted by Crippen LogP contribution is -2.31. The first kappa shape index (κ1) is 18.8. The number of aromatic nitrogens is 1. The van der Waals surface area contributed by atoms with Gasteiger partial charge in [0.2, 0.25) is 0 Å². The molecule has 0 unspecified atom stereocenters. The van der Waals surface area contributed by atoms with E-state index in [-0.39, 0.29) is 5.91 Å². The van der Waals surface area contributed by atoms with Gasteiger partial charge < -0.3 is 24.1 Å². The maximum absolute atomic E-state index is 13.1. The van der Waals surface area contributed by atoms with Crippen LogP contribution in [-0.4, -0.2) is 48.6 Å². The number of carbonyl (C=O) groups excluding carboxylic acids is 2. The highest BCUT2D eigenvalue weighted by Gasteiger charge is 2.25. The van der Waals surface area contributed by atoms with E-state index in [2.05, 4.69) is 4.98 Å². The molecule has 0 aliphatic carbocycles. The van der Waals surface area contributed by atoms with Gasteiger partial charge in [-0.2, -0.15) is 0 Å². The van der Waals surface area contributed by atoms with Gasteiger partial charge in [-0.15, -0.1) is 0 Å². The Morgan fingerprint density at radius 1 is 1.19 bits per heavy atom. The summed E-state index contributed by atoms with van der Waals surface area (Å²) in [6.45, 7) is 7.44. The van der Waals surface area contributed by atoms with Crippen LogP contribution in [0.4, 0.5) is 0 Å². The lowest BCUT2D eigenvalue weighted by Gasteiger charge is -2.23. The largest absolute Gasteiger partial charge is 0.486 e. The van der Waals surface area contributed by atoms with Crippen LogP contribution in [0, 0.1) is 13.8 Å². The molecule has 1 N–H and O–H groups in total. The second kappa shape index (κ2) is 7.73. The number of rotatable bonds is 5. The third kappa shape index (κ3) is 3.63. The summed E-state index contributed by atoms with van der Waals surface area (Å²) in [7, 11) is 1.33. The van der Waals surface area contributed by atoms with Gasteiger partial charge in [0.1, 0.15) is 18.9 Å². The third-order valence-corrected chi connectivity index (χ3v) is 4.69. The van der Waals surface area contributed by atoms with Crippen LogP contribution in [0.3, 0.4) is 0 Å². The minimum Gasteiger partial charge on any atom is -0.486 e. The van der Waals surface area contributed by atoms with E-state index >= 15 is 0 Å². The van der Waals surface area contributed by atoms with Crippen LogP contribution in [0.15, 0.2) is 18.2 Å². The Labute approximate surface area is 158 Å². The summed E-state index contributed by atoms with van der Waals surface area (Å²) in [5.74, 6) is 0.804. The third-order valence-electron chi connectivity index (χ3n) is 4.69. The number of hydrogen-bond acceptors (Lipinski definition) is 5. The van der Waals surface area contributed by atoms with Crippen molar-refractivity contribution in [2.24, 2.45) is 0 Å². The van der Waals surface area contributed by atoms with Crippen LogP contribution in [0.2, 0.25) is 0 Å². The Morgan fingerprint density at radius 2 is 1.89 bits per heavy atom. The van der Waals surface area contributed by atoms with Crippen molar-refractivity contribution in [1.82, 2.24) is 9.88 Å². The van der Waals surface area contributed by atoms with E-state index in [0.717, 1.165) is 11.3 Å². The number of fused-ring (bicyclic) bond motifs is 1. The molecule has 3 rings (SSSR count). The summed E-state index contributed by atoms with van der Waals surface area (Å²) in [5, 5.41) is 0. The van der Waals surface area contributed by atoms with Gasteiger partial charge in [-0.3, -0.25) is 4.79 Å². The van der Waals surface area contributed by atoms with E-state index in [9.17, 15) is 9.59 Å². The fraction of sp³-hybridized carbons (Fsp3) is 0.400. The number of esters is 1. The monoisotopic (exact) mass is 372 g/mol. The lowest BCUT2D eigenvalue weighted by molar-refractivity contribution is 0.0599. The maximum atomic E-state index is 13.1. The van der Waals surface area contributed by atoms with Gasteiger partial charge in [-0.05, 0) is 44.0 Å². The zero-order valence-electron chi connectivity index (χ0n) is 16.0. The Hall–Kier alpha value is -2.96. The number of hydrogen-bond donors (Lipinski definition) is 1. The Morgan fingerprint density at radius 3 is 2.56 bits per heavy atom. The van der Waals surface area contributed by atoms with Crippen molar-refractivity contribution < 1.29 is 23.8 Å². The summed E-state index contributed by atoms with van der Waals surface area (Å²) < 4.78 is 16.0. The number of aromatic amines is 1. The molecule has 1 aromatic carbocycles. The zero-order chi connectivity index (χ0) is 19.6. The average molecular weight is 372 g/mol. The van der Waals surface area contributed by atoms with Gasteiger partial charge in [0.25, 0.3) is 5.91 Å². The molecular weight excluding hydrogens is 348 g/mol. The highest BCUT2D eigenvalue weighted by atomic mass is 16.6. The standard InChI is InChI=1S/C20H24N2O5/c1-5-22(11-14-6-7-15-16(10-14)27-9-8-26-15)19(23)18-12(2)17(13(3)21-18)20(24)25-4/h6-7,10,21H,5,8-9,11H2,1-4H3. The number of methoxy groups -OCH3 is 1. The molecule has 0 atom stereocenters. The lowest BCUT2D eigenvalue weighted by atomic mass is 10.1. The second-order valence-corrected chi connectivity index (χ2v) is 6.41. The molecule has 0 bridgehead atoms. The minimum atomic E-state index is -0.449. The van der Waals surface area contributed by atoms with Crippen LogP contribution in [0.25, 0.3) is 0 Å². The average Bonchev–Trinajstić information content (AvgIpc) is 2.99. The first-order valence-corrected chi connectivity index (χ1v) is 8.91. The van der Waals surface area contributed by atoms with Gasteiger partial charge in [-0.25, -0.2) is 4.79 Å². The SMILES string of the molecule is CCN(Cc1ccc2c(c1)OCCO2)C(=O)c1[nH]c(C)c(C(=O)OC)c1C. The molecule has 27 heavy (non-hydrogen) atoms. The van der Waals surface area contributed by atoms with Gasteiger partial charge in [0.15, 0.2) is 11.5 Å². The predicted molar refractivity (Wildman–Crippen MR) is 99.5 cm³/mol. The number of nitrogens with one attached hydrogen (secondary N) is 1. The molecule has 0 fully saturated rings. The fourth-order valence-electron chi connectivity index (χ4n) is 3.26. The normalized spacial score (nSPS) is 12.6. The maximum Gasteiger partial charge on any atom is 0.339 e. The molecule has 1 aliphatic heterocycles. The molecule has 0 saturated carbocycles. The molecule has 1 amide bonds. The first-order valence-electron chi connectivity index (χ1n) is 8.91. The Bertz CT molecular complexity index is 871. The number of amides is 1. The van der Waals surface area contributed by atoms with Gasteiger partial charge in [0, 0.05) is 18.8 Å². The molecule has 7 heteroatoms. The van der Waals surface area contributed by atoms with Crippen molar-refractivity contribution in [1.29, 1.82) is 0 Å². The van der Waals surface area contributed by atoms with E-state index in [1.807, 2.05) is 25.1 Å². The molecule has 0 spiro atoms. The van der Waals surface area contributed by atoms with Crippen molar-refractivity contribution >= 4 is 11.9 Å². The molecule has 0 radical (unpaired) electrons. The Kier molecular flexibility index (Phi) is 5.39. The van der Waals surface area contributed by atoms with Gasteiger partial charge in [0.05, 0.1) is 12.7 Å². The number of benzene rings is 1. The molecule has 2 aromatic rings. The van der Waals surface area contributed by atoms with Crippen molar-refractivity contribution in [3.8, 4) is 11.5 Å². The van der Waals surface area contributed by atoms with Crippen molar-refractivity contribution in [2.45, 2.75) is 27.3 Å². The number of H-pyrrole nitrogens is 1. The molecule has 1 aliphatic rings. The quantitative estimate of drug-likeness (QED) is 0.817. The van der Waals surface area contributed by atoms with Crippen molar-refractivity contribution in [3.05, 3.63) is 46.3 Å². The fourth-order valence-corrected chi connectivity index (χ4v) is 3.26. The van der Waals surface area contributed by atoms with E-state index in [0.29, 0.717) is 54.6 Å². The molecule has 1 aromatic heterocycles. The number of aryl methyl sites for hydroxylation is 1. The number of nitrogens with zero attached hydrogens (tertiary/aromatic N) is 1. The van der Waals surface area contributed by atoms with E-state index in [1.54, 1.807) is 18.7 Å². The van der Waals surface area contributed by atoms with Crippen molar-refractivity contribution in [3.63, 3.8) is 0 Å².